The highest BCUT2D eigenvalue weighted by atomic mass is 16.2. The summed E-state index contributed by atoms with van der Waals surface area (Å²) in [4.78, 5) is 36.1. The van der Waals surface area contributed by atoms with Crippen LogP contribution in [0.25, 0.3) is 0 Å². The van der Waals surface area contributed by atoms with E-state index in [4.69, 9.17) is 0 Å². The summed E-state index contributed by atoms with van der Waals surface area (Å²) in [5.41, 5.74) is 1.50. The molecule has 1 aliphatic heterocycles. The predicted molar refractivity (Wildman–Crippen MR) is 90.8 cm³/mol. The summed E-state index contributed by atoms with van der Waals surface area (Å²) in [6.07, 6.45) is 6.51. The smallest absolute Gasteiger partial charge is 0.254 e. The largest absolute Gasteiger partial charge is 0.345 e. The number of amides is 2. The molecule has 8 heteroatoms. The summed E-state index contributed by atoms with van der Waals surface area (Å²) >= 11 is 0. The monoisotopic (exact) mass is 342 g/mol. The van der Waals surface area contributed by atoms with Crippen LogP contribution in [0.2, 0.25) is 0 Å². The van der Waals surface area contributed by atoms with Gasteiger partial charge in [-0.1, -0.05) is 0 Å². The zero-order chi connectivity index (χ0) is 17.8. The van der Waals surface area contributed by atoms with Crippen LogP contribution in [-0.2, 0) is 11.3 Å². The summed E-state index contributed by atoms with van der Waals surface area (Å²) in [6, 6.07) is 3.70. The van der Waals surface area contributed by atoms with Crippen molar-refractivity contribution >= 4 is 11.8 Å². The molecule has 0 N–H and O–H groups in total. The molecule has 0 saturated carbocycles. The molecule has 2 aromatic heterocycles. The molecule has 2 amide bonds. The fourth-order valence-corrected chi connectivity index (χ4v) is 3.03. The number of piperidine rings is 1. The maximum absolute atomic E-state index is 12.4. The van der Waals surface area contributed by atoms with Gasteiger partial charge >= 0.3 is 0 Å². The van der Waals surface area contributed by atoms with Crippen molar-refractivity contribution in [3.63, 3.8) is 0 Å². The molecule has 0 radical (unpaired) electrons. The summed E-state index contributed by atoms with van der Waals surface area (Å²) in [6.45, 7) is 1.60. The van der Waals surface area contributed by atoms with Gasteiger partial charge in [-0.25, -0.2) is 9.67 Å². The predicted octanol–water partition coefficient (Wildman–Crippen LogP) is 0.781. The van der Waals surface area contributed by atoms with E-state index in [1.807, 2.05) is 11.0 Å². The Hall–Kier alpha value is -2.77. The van der Waals surface area contributed by atoms with Gasteiger partial charge in [0.15, 0.2) is 0 Å². The third-order valence-corrected chi connectivity index (χ3v) is 4.40. The van der Waals surface area contributed by atoms with Gasteiger partial charge in [0.05, 0.1) is 5.56 Å². The van der Waals surface area contributed by atoms with Gasteiger partial charge in [-0.05, 0) is 25.0 Å². The van der Waals surface area contributed by atoms with E-state index in [1.54, 1.807) is 32.7 Å². The van der Waals surface area contributed by atoms with E-state index in [0.29, 0.717) is 12.1 Å². The quantitative estimate of drug-likeness (QED) is 0.820. The molecule has 0 spiro atoms. The second kappa shape index (κ2) is 7.42. The Morgan fingerprint density at radius 3 is 2.80 bits per heavy atom. The van der Waals surface area contributed by atoms with Crippen LogP contribution in [0.1, 0.15) is 34.8 Å². The molecule has 132 valence electrons. The molecular formula is C17H22N6O2. The Morgan fingerprint density at radius 2 is 2.16 bits per heavy atom. The summed E-state index contributed by atoms with van der Waals surface area (Å²) in [5.74, 6) is 0.166. The van der Waals surface area contributed by atoms with Crippen molar-refractivity contribution in [3.8, 4) is 0 Å². The molecule has 25 heavy (non-hydrogen) atoms. The molecule has 3 heterocycles. The minimum atomic E-state index is -0.0627. The van der Waals surface area contributed by atoms with Crippen molar-refractivity contribution in [1.29, 1.82) is 0 Å². The Balaban J connectivity index is 1.64. The first-order chi connectivity index (χ1) is 12.0. The van der Waals surface area contributed by atoms with E-state index < -0.39 is 0 Å². The fourth-order valence-electron chi connectivity index (χ4n) is 3.03. The molecule has 0 unspecified atom stereocenters. The van der Waals surface area contributed by atoms with E-state index in [0.717, 1.165) is 25.1 Å². The number of carbonyl (C=O) groups excluding carboxylic acids is 2. The lowest BCUT2D eigenvalue weighted by Crippen LogP contribution is -2.41. The topological polar surface area (TPSA) is 84.2 Å². The molecule has 0 aliphatic carbocycles. The number of carbonyl (C=O) groups is 2. The lowest BCUT2D eigenvalue weighted by molar-refractivity contribution is -0.133. The highest BCUT2D eigenvalue weighted by molar-refractivity contribution is 5.93. The number of hydrogen-bond donors (Lipinski definition) is 0. The average molecular weight is 342 g/mol. The SMILES string of the molecule is CN(C)C(=O)c1ccc([C@H]2CCCN(C(=O)Cn3cncn3)C2)nc1. The Morgan fingerprint density at radius 1 is 1.32 bits per heavy atom. The average Bonchev–Trinajstić information content (AvgIpc) is 3.14. The van der Waals surface area contributed by atoms with Crippen molar-refractivity contribution in [2.75, 3.05) is 27.2 Å². The van der Waals surface area contributed by atoms with Gasteiger partial charge in [0.1, 0.15) is 19.2 Å². The number of nitrogens with zero attached hydrogens (tertiary/aromatic N) is 6. The molecule has 1 saturated heterocycles. The van der Waals surface area contributed by atoms with E-state index in [9.17, 15) is 9.59 Å². The van der Waals surface area contributed by atoms with E-state index in [1.165, 1.54) is 15.9 Å². The van der Waals surface area contributed by atoms with Crippen molar-refractivity contribution in [3.05, 3.63) is 42.2 Å². The van der Waals surface area contributed by atoms with Gasteiger partial charge in [0, 0.05) is 45.0 Å². The van der Waals surface area contributed by atoms with Gasteiger partial charge < -0.3 is 9.80 Å². The molecule has 0 bridgehead atoms. The molecular weight excluding hydrogens is 320 g/mol. The normalized spacial score (nSPS) is 17.4. The van der Waals surface area contributed by atoms with Gasteiger partial charge in [-0.3, -0.25) is 14.6 Å². The molecule has 8 nitrogen and oxygen atoms in total. The van der Waals surface area contributed by atoms with Crippen LogP contribution in [-0.4, -0.2) is 68.5 Å². The second-order valence-electron chi connectivity index (χ2n) is 6.44. The standard InChI is InChI=1S/C17H22N6O2/c1-21(2)17(25)13-5-6-15(19-8-13)14-4-3-7-22(9-14)16(24)10-23-12-18-11-20-23/h5-6,8,11-12,14H,3-4,7,9-10H2,1-2H3/t14-/m0/s1. The molecule has 0 aromatic carbocycles. The minimum Gasteiger partial charge on any atom is -0.345 e. The fraction of sp³-hybridized carbons (Fsp3) is 0.471. The van der Waals surface area contributed by atoms with E-state index >= 15 is 0 Å². The van der Waals surface area contributed by atoms with Crippen LogP contribution in [0, 0.1) is 0 Å². The first-order valence-corrected chi connectivity index (χ1v) is 8.32. The van der Waals surface area contributed by atoms with Gasteiger partial charge in [0.2, 0.25) is 5.91 Å². The maximum atomic E-state index is 12.4. The van der Waals surface area contributed by atoms with Crippen molar-refractivity contribution in [2.45, 2.75) is 25.3 Å². The van der Waals surface area contributed by atoms with E-state index in [-0.39, 0.29) is 24.3 Å². The molecule has 1 atom stereocenters. The minimum absolute atomic E-state index is 0.0367. The van der Waals surface area contributed by atoms with Gasteiger partial charge in [0.25, 0.3) is 5.91 Å². The Bertz CT molecular complexity index is 726. The summed E-state index contributed by atoms with van der Waals surface area (Å²) in [7, 11) is 3.44. The molecule has 1 fully saturated rings. The zero-order valence-corrected chi connectivity index (χ0v) is 14.5. The lowest BCUT2D eigenvalue weighted by atomic mass is 9.94. The van der Waals surface area contributed by atoms with E-state index in [2.05, 4.69) is 15.1 Å². The van der Waals surface area contributed by atoms with Crippen LogP contribution in [0.3, 0.4) is 0 Å². The number of rotatable bonds is 4. The maximum Gasteiger partial charge on any atom is 0.254 e. The van der Waals surface area contributed by atoms with Gasteiger partial charge in [-0.2, -0.15) is 5.10 Å². The third kappa shape index (κ3) is 4.01. The molecule has 3 rings (SSSR count). The number of hydrogen-bond acceptors (Lipinski definition) is 5. The summed E-state index contributed by atoms with van der Waals surface area (Å²) in [5, 5.41) is 3.98. The summed E-state index contributed by atoms with van der Waals surface area (Å²) < 4.78 is 1.53. The Kier molecular flexibility index (Phi) is 5.06. The van der Waals surface area contributed by atoms with Crippen molar-refractivity contribution < 1.29 is 9.59 Å². The van der Waals surface area contributed by atoms with Crippen LogP contribution >= 0.6 is 0 Å². The van der Waals surface area contributed by atoms with Crippen molar-refractivity contribution in [2.24, 2.45) is 0 Å². The van der Waals surface area contributed by atoms with Gasteiger partial charge in [-0.15, -0.1) is 0 Å². The number of pyridine rings is 1. The van der Waals surface area contributed by atoms with Crippen LogP contribution in [0.4, 0.5) is 0 Å². The highest BCUT2D eigenvalue weighted by Crippen LogP contribution is 2.26. The first kappa shape index (κ1) is 17.1. The van der Waals surface area contributed by atoms with Crippen LogP contribution in [0.5, 0.6) is 0 Å². The highest BCUT2D eigenvalue weighted by Gasteiger charge is 2.26. The van der Waals surface area contributed by atoms with Crippen LogP contribution < -0.4 is 0 Å². The second-order valence-corrected chi connectivity index (χ2v) is 6.44. The molecule has 2 aromatic rings. The number of likely N-dealkylation sites (tertiary alicyclic amines) is 1. The van der Waals surface area contributed by atoms with Crippen molar-refractivity contribution in [1.82, 2.24) is 29.5 Å². The molecule has 1 aliphatic rings. The zero-order valence-electron chi connectivity index (χ0n) is 14.5. The lowest BCUT2D eigenvalue weighted by Gasteiger charge is -2.32. The Labute approximate surface area is 146 Å². The first-order valence-electron chi connectivity index (χ1n) is 8.32. The number of aromatic nitrogens is 4. The van der Waals surface area contributed by atoms with Crippen LogP contribution in [0.15, 0.2) is 31.0 Å². The third-order valence-electron chi connectivity index (χ3n) is 4.40.